The smallest absolute Gasteiger partial charge is 0.267 e. The highest BCUT2D eigenvalue weighted by Crippen LogP contribution is 2.33. The summed E-state index contributed by atoms with van der Waals surface area (Å²) in [4.78, 5) is 38.3. The molecule has 7 nitrogen and oxygen atoms in total. The Morgan fingerprint density at radius 2 is 1.80 bits per heavy atom. The highest BCUT2D eigenvalue weighted by molar-refractivity contribution is 8.26. The summed E-state index contributed by atoms with van der Waals surface area (Å²) in [6, 6.07) is 13.8. The molecular weight excluding hydrogens is 478 g/mol. The highest BCUT2D eigenvalue weighted by Gasteiger charge is 2.33. The number of hydrogen-bond donors (Lipinski definition) is 0. The minimum atomic E-state index is -0.179. The van der Waals surface area contributed by atoms with Gasteiger partial charge in [0.2, 0.25) is 0 Å². The Labute approximate surface area is 214 Å². The van der Waals surface area contributed by atoms with Crippen molar-refractivity contribution in [2.24, 2.45) is 0 Å². The molecule has 0 radical (unpaired) electrons. The van der Waals surface area contributed by atoms with Gasteiger partial charge >= 0.3 is 0 Å². The molecular formula is C26H27N5O2S2. The molecule has 0 saturated carbocycles. The molecule has 0 N–H and O–H groups in total. The first-order chi connectivity index (χ1) is 16.9. The van der Waals surface area contributed by atoms with Crippen LogP contribution in [0.2, 0.25) is 0 Å². The van der Waals surface area contributed by atoms with Crippen LogP contribution in [0.1, 0.15) is 16.7 Å². The fourth-order valence-corrected chi connectivity index (χ4v) is 5.63. The van der Waals surface area contributed by atoms with Gasteiger partial charge in [0.1, 0.15) is 15.8 Å². The number of carbonyl (C=O) groups excluding carboxylic acids is 1. The van der Waals surface area contributed by atoms with Crippen LogP contribution in [0.5, 0.6) is 0 Å². The van der Waals surface area contributed by atoms with E-state index in [0.29, 0.717) is 39.2 Å². The van der Waals surface area contributed by atoms with Crippen LogP contribution < -0.4 is 10.5 Å². The normalized spacial score (nSPS) is 18.3. The number of carbonyl (C=O) groups is 1. The number of aryl methyl sites for hydroxylation is 1. The Balaban J connectivity index is 1.51. The number of aromatic nitrogens is 2. The maximum Gasteiger partial charge on any atom is 0.267 e. The van der Waals surface area contributed by atoms with Crippen LogP contribution in [-0.2, 0) is 11.2 Å². The van der Waals surface area contributed by atoms with E-state index in [-0.39, 0.29) is 11.5 Å². The van der Waals surface area contributed by atoms with Gasteiger partial charge in [-0.15, -0.1) is 0 Å². The summed E-state index contributed by atoms with van der Waals surface area (Å²) in [5, 5.41) is 0. The summed E-state index contributed by atoms with van der Waals surface area (Å²) in [6.07, 6.45) is 4.20. The number of fused-ring (bicyclic) bond motifs is 1. The molecule has 0 aliphatic carbocycles. The van der Waals surface area contributed by atoms with Gasteiger partial charge in [0, 0.05) is 38.9 Å². The molecule has 180 valence electrons. The van der Waals surface area contributed by atoms with Crippen LogP contribution in [0.3, 0.4) is 0 Å². The Bertz CT molecular complexity index is 1380. The van der Waals surface area contributed by atoms with Crippen molar-refractivity contribution in [3.05, 3.63) is 80.6 Å². The minimum Gasteiger partial charge on any atom is -0.353 e. The Morgan fingerprint density at radius 3 is 2.54 bits per heavy atom. The number of pyridine rings is 1. The Morgan fingerprint density at radius 1 is 1.06 bits per heavy atom. The molecule has 35 heavy (non-hydrogen) atoms. The number of thioether (sulfide) groups is 1. The second kappa shape index (κ2) is 9.93. The molecule has 1 aromatic carbocycles. The molecule has 1 amide bonds. The van der Waals surface area contributed by atoms with Gasteiger partial charge in [-0.1, -0.05) is 60.4 Å². The van der Waals surface area contributed by atoms with Gasteiger partial charge in [-0.3, -0.25) is 18.9 Å². The van der Waals surface area contributed by atoms with Crippen molar-refractivity contribution in [3.63, 3.8) is 0 Å². The third kappa shape index (κ3) is 4.89. The quantitative estimate of drug-likeness (QED) is 0.390. The van der Waals surface area contributed by atoms with Crippen molar-refractivity contribution >= 4 is 51.7 Å². The van der Waals surface area contributed by atoms with Crippen molar-refractivity contribution in [1.29, 1.82) is 0 Å². The maximum absolute atomic E-state index is 13.7. The molecule has 0 unspecified atom stereocenters. The zero-order valence-electron chi connectivity index (χ0n) is 19.8. The van der Waals surface area contributed by atoms with Gasteiger partial charge in [-0.2, -0.15) is 0 Å². The van der Waals surface area contributed by atoms with E-state index in [1.165, 1.54) is 11.8 Å². The van der Waals surface area contributed by atoms with Crippen molar-refractivity contribution < 1.29 is 4.79 Å². The predicted molar refractivity (Wildman–Crippen MR) is 146 cm³/mol. The molecule has 2 aliphatic heterocycles. The maximum atomic E-state index is 13.7. The van der Waals surface area contributed by atoms with Crippen molar-refractivity contribution in [2.45, 2.75) is 13.3 Å². The first-order valence-corrected chi connectivity index (χ1v) is 12.9. The number of piperazine rings is 1. The highest BCUT2D eigenvalue weighted by atomic mass is 32.2. The lowest BCUT2D eigenvalue weighted by Gasteiger charge is -2.34. The molecule has 0 atom stereocenters. The summed E-state index contributed by atoms with van der Waals surface area (Å²) < 4.78 is 2.08. The molecule has 5 rings (SSSR count). The molecule has 3 aromatic rings. The molecule has 2 fully saturated rings. The molecule has 4 heterocycles. The van der Waals surface area contributed by atoms with Gasteiger partial charge in [-0.25, -0.2) is 4.98 Å². The lowest BCUT2D eigenvalue weighted by Crippen LogP contribution is -2.45. The van der Waals surface area contributed by atoms with Gasteiger partial charge in [0.15, 0.2) is 0 Å². The van der Waals surface area contributed by atoms with E-state index < -0.39 is 0 Å². The third-order valence-electron chi connectivity index (χ3n) is 6.40. The molecule has 9 heteroatoms. The second-order valence-corrected chi connectivity index (χ2v) is 10.6. The number of anilines is 1. The monoisotopic (exact) mass is 505 g/mol. The minimum absolute atomic E-state index is 0.158. The van der Waals surface area contributed by atoms with Crippen LogP contribution in [0.25, 0.3) is 11.7 Å². The van der Waals surface area contributed by atoms with E-state index in [2.05, 4.69) is 16.8 Å². The van der Waals surface area contributed by atoms with Gasteiger partial charge < -0.3 is 9.80 Å². The van der Waals surface area contributed by atoms with Gasteiger partial charge in [-0.05, 0) is 43.7 Å². The van der Waals surface area contributed by atoms with Crippen LogP contribution >= 0.6 is 24.0 Å². The summed E-state index contributed by atoms with van der Waals surface area (Å²) in [7, 11) is 2.09. The number of likely N-dealkylation sites (N-methyl/N-ethyl adjacent to an activating group) is 1. The molecule has 2 aliphatic rings. The lowest BCUT2D eigenvalue weighted by atomic mass is 10.1. The van der Waals surface area contributed by atoms with Crippen molar-refractivity contribution in [2.75, 3.05) is 44.7 Å². The van der Waals surface area contributed by atoms with E-state index in [9.17, 15) is 9.59 Å². The lowest BCUT2D eigenvalue weighted by molar-refractivity contribution is -0.122. The largest absolute Gasteiger partial charge is 0.353 e. The summed E-state index contributed by atoms with van der Waals surface area (Å²) in [5.74, 6) is 0.468. The molecule has 0 bridgehead atoms. The summed E-state index contributed by atoms with van der Waals surface area (Å²) >= 11 is 6.79. The van der Waals surface area contributed by atoms with Crippen LogP contribution in [0.15, 0.2) is 58.4 Å². The number of thiocarbonyl (C=S) groups is 1. The van der Waals surface area contributed by atoms with E-state index in [4.69, 9.17) is 17.2 Å². The van der Waals surface area contributed by atoms with E-state index in [1.807, 2.05) is 49.4 Å². The fourth-order valence-electron chi connectivity index (χ4n) is 4.34. The van der Waals surface area contributed by atoms with Gasteiger partial charge in [0.05, 0.1) is 10.5 Å². The standard InChI is InChI=1S/C26H27N5O2S2/c1-18-8-9-22-27-23(29-14-12-28(2)13-15-29)20(24(32)31(22)17-18)16-21-25(33)30(26(34)35-21)11-10-19-6-4-3-5-7-19/h3-9,16-17H,10-15H2,1-2H3. The zero-order chi connectivity index (χ0) is 24.5. The van der Waals surface area contributed by atoms with Crippen LogP contribution in [0.4, 0.5) is 5.82 Å². The van der Waals surface area contributed by atoms with Crippen molar-refractivity contribution in [3.8, 4) is 0 Å². The molecule has 0 spiro atoms. The second-order valence-electron chi connectivity index (χ2n) is 8.95. The molecule has 2 saturated heterocycles. The van der Waals surface area contributed by atoms with E-state index >= 15 is 0 Å². The first kappa shape index (κ1) is 23.7. The Kier molecular flexibility index (Phi) is 6.73. The average Bonchev–Trinajstić information content (AvgIpc) is 3.13. The summed E-state index contributed by atoms with van der Waals surface area (Å²) in [6.45, 7) is 5.75. The number of nitrogens with zero attached hydrogens (tertiary/aromatic N) is 5. The molecule has 2 aromatic heterocycles. The summed E-state index contributed by atoms with van der Waals surface area (Å²) in [5.41, 5.74) is 2.97. The average molecular weight is 506 g/mol. The van der Waals surface area contributed by atoms with Crippen molar-refractivity contribution in [1.82, 2.24) is 19.2 Å². The van der Waals surface area contributed by atoms with Crippen LogP contribution in [0, 0.1) is 6.92 Å². The predicted octanol–water partition coefficient (Wildman–Crippen LogP) is 3.20. The Hall–Kier alpha value is -3.01. The third-order valence-corrected chi connectivity index (χ3v) is 7.78. The SMILES string of the molecule is Cc1ccc2nc(N3CCN(C)CC3)c(C=C3SC(=S)N(CCc4ccccc4)C3=O)c(=O)n2c1. The number of rotatable bonds is 5. The van der Waals surface area contributed by atoms with E-state index in [1.54, 1.807) is 21.6 Å². The number of hydrogen-bond acceptors (Lipinski definition) is 7. The number of amides is 1. The number of benzene rings is 1. The van der Waals surface area contributed by atoms with E-state index in [0.717, 1.165) is 37.3 Å². The topological polar surface area (TPSA) is 61.2 Å². The van der Waals surface area contributed by atoms with Gasteiger partial charge in [0.25, 0.3) is 11.5 Å². The first-order valence-electron chi connectivity index (χ1n) is 11.7. The van der Waals surface area contributed by atoms with Crippen LogP contribution in [-0.4, -0.2) is 69.2 Å². The zero-order valence-corrected chi connectivity index (χ0v) is 21.4. The fraction of sp³-hybridized carbons (Fsp3) is 0.308.